The van der Waals surface area contributed by atoms with Gasteiger partial charge in [0.1, 0.15) is 0 Å². The highest BCUT2D eigenvalue weighted by molar-refractivity contribution is 5.52. The number of hydrogen-bond donors (Lipinski definition) is 1. The van der Waals surface area contributed by atoms with E-state index in [-0.39, 0.29) is 11.5 Å². The number of aliphatic hydroxyl groups is 1. The van der Waals surface area contributed by atoms with Gasteiger partial charge in [-0.1, -0.05) is 26.7 Å². The molecule has 0 unspecified atom stereocenters. The topological polar surface area (TPSA) is 38.0 Å². The summed E-state index contributed by atoms with van der Waals surface area (Å²) in [6, 6.07) is 2.09. The van der Waals surface area contributed by atoms with Gasteiger partial charge in [-0.25, -0.2) is 0 Å². The summed E-state index contributed by atoms with van der Waals surface area (Å²) in [6.45, 7) is 8.05. The van der Waals surface area contributed by atoms with Crippen LogP contribution in [0, 0.1) is 34.5 Å². The first kappa shape index (κ1) is 18.9. The monoisotopic (exact) mass is 382 g/mol. The summed E-state index contributed by atoms with van der Waals surface area (Å²) in [7, 11) is 0. The number of rotatable bonds is 2. The minimum Gasteiger partial charge on any atom is -0.388 e. The molecule has 3 nitrogen and oxygen atoms in total. The summed E-state index contributed by atoms with van der Waals surface area (Å²) >= 11 is 0. The Morgan fingerprint density at radius 2 is 1.96 bits per heavy atom. The van der Waals surface area contributed by atoms with E-state index in [4.69, 9.17) is 0 Å². The molecule has 7 atom stereocenters. The summed E-state index contributed by atoms with van der Waals surface area (Å²) < 4.78 is 2.04. The third-order valence-corrected chi connectivity index (χ3v) is 9.83. The van der Waals surface area contributed by atoms with E-state index in [0.717, 1.165) is 36.4 Å². The predicted octanol–water partition coefficient (Wildman–Crippen LogP) is 5.69. The van der Waals surface area contributed by atoms with Gasteiger partial charge in [-0.15, -0.1) is 0 Å². The fourth-order valence-corrected chi connectivity index (χ4v) is 8.21. The van der Waals surface area contributed by atoms with Crippen molar-refractivity contribution in [1.29, 1.82) is 0 Å². The molecule has 4 aliphatic carbocycles. The Labute approximate surface area is 170 Å². The minimum atomic E-state index is -0.282. The molecule has 4 aliphatic rings. The largest absolute Gasteiger partial charge is 0.388 e. The SMILES string of the molecule is CCn1nccc1/C=C1/C[C@@H]2[C@H]3CC[C@H]4CCCC[C@]4(C)[C@@H]3CC[C@]2(C)[C@@H]1O. The van der Waals surface area contributed by atoms with Gasteiger partial charge < -0.3 is 5.11 Å². The van der Waals surface area contributed by atoms with Crippen LogP contribution in [0.1, 0.15) is 84.3 Å². The van der Waals surface area contributed by atoms with E-state index in [1.807, 2.05) is 10.9 Å². The fourth-order valence-electron chi connectivity index (χ4n) is 8.21. The lowest BCUT2D eigenvalue weighted by Gasteiger charge is -2.60. The van der Waals surface area contributed by atoms with Crippen LogP contribution in [0.2, 0.25) is 0 Å². The first-order valence-corrected chi connectivity index (χ1v) is 11.9. The third kappa shape index (κ3) is 2.61. The second-order valence-corrected chi connectivity index (χ2v) is 10.8. The second kappa shape index (κ2) is 6.72. The third-order valence-electron chi connectivity index (χ3n) is 9.83. The molecule has 4 fully saturated rings. The van der Waals surface area contributed by atoms with Crippen molar-refractivity contribution in [1.82, 2.24) is 9.78 Å². The van der Waals surface area contributed by atoms with Crippen LogP contribution in [0.3, 0.4) is 0 Å². The van der Waals surface area contributed by atoms with E-state index in [2.05, 4.69) is 38.0 Å². The van der Waals surface area contributed by atoms with Crippen molar-refractivity contribution in [3.05, 3.63) is 23.5 Å². The zero-order valence-electron chi connectivity index (χ0n) is 18.0. The van der Waals surface area contributed by atoms with Crippen molar-refractivity contribution in [2.75, 3.05) is 0 Å². The number of fused-ring (bicyclic) bond motifs is 5. The van der Waals surface area contributed by atoms with E-state index in [1.165, 1.54) is 56.9 Å². The molecule has 0 aliphatic heterocycles. The number of nitrogens with zero attached hydrogens (tertiary/aromatic N) is 2. The summed E-state index contributed by atoms with van der Waals surface area (Å²) in [5, 5.41) is 15.8. The van der Waals surface area contributed by atoms with Crippen LogP contribution >= 0.6 is 0 Å². The average Bonchev–Trinajstić information content (AvgIpc) is 3.24. The average molecular weight is 383 g/mol. The molecule has 0 spiro atoms. The van der Waals surface area contributed by atoms with E-state index in [0.29, 0.717) is 11.3 Å². The molecule has 0 radical (unpaired) electrons. The fraction of sp³-hybridized carbons (Fsp3) is 0.800. The van der Waals surface area contributed by atoms with Crippen LogP contribution in [0.4, 0.5) is 0 Å². The van der Waals surface area contributed by atoms with Gasteiger partial charge in [-0.05, 0) is 98.7 Å². The molecule has 0 amide bonds. The molecule has 1 aromatic heterocycles. The van der Waals surface area contributed by atoms with E-state index in [1.54, 1.807) is 0 Å². The molecule has 3 heteroatoms. The highest BCUT2D eigenvalue weighted by Crippen LogP contribution is 2.67. The molecule has 1 N–H and O–H groups in total. The van der Waals surface area contributed by atoms with Crippen LogP contribution in [0.5, 0.6) is 0 Å². The molecule has 1 heterocycles. The molecule has 5 rings (SSSR count). The van der Waals surface area contributed by atoms with Gasteiger partial charge in [0.2, 0.25) is 0 Å². The van der Waals surface area contributed by atoms with Crippen LogP contribution in [0.15, 0.2) is 17.8 Å². The first-order chi connectivity index (χ1) is 13.5. The van der Waals surface area contributed by atoms with Gasteiger partial charge in [-0.3, -0.25) is 4.68 Å². The number of hydrogen-bond acceptors (Lipinski definition) is 2. The Bertz CT molecular complexity index is 766. The maximum atomic E-state index is 11.4. The molecule has 154 valence electrons. The molecule has 1 aromatic rings. The zero-order valence-corrected chi connectivity index (χ0v) is 18.0. The summed E-state index contributed by atoms with van der Waals surface area (Å²) in [5.41, 5.74) is 3.06. The van der Waals surface area contributed by atoms with Gasteiger partial charge in [0.05, 0.1) is 11.8 Å². The van der Waals surface area contributed by atoms with E-state index < -0.39 is 0 Å². The molecular weight excluding hydrogens is 344 g/mol. The molecule has 4 saturated carbocycles. The van der Waals surface area contributed by atoms with Crippen molar-refractivity contribution >= 4 is 6.08 Å². The van der Waals surface area contributed by atoms with Gasteiger partial charge >= 0.3 is 0 Å². The Morgan fingerprint density at radius 1 is 1.11 bits per heavy atom. The number of aromatic nitrogens is 2. The molecule has 28 heavy (non-hydrogen) atoms. The maximum Gasteiger partial charge on any atom is 0.0810 e. The summed E-state index contributed by atoms with van der Waals surface area (Å²) in [4.78, 5) is 0. The highest BCUT2D eigenvalue weighted by Gasteiger charge is 2.60. The van der Waals surface area contributed by atoms with Crippen molar-refractivity contribution in [3.8, 4) is 0 Å². The number of aryl methyl sites for hydroxylation is 1. The van der Waals surface area contributed by atoms with Crippen molar-refractivity contribution in [2.24, 2.45) is 34.5 Å². The summed E-state index contributed by atoms with van der Waals surface area (Å²) in [6.07, 6.45) is 16.1. The van der Waals surface area contributed by atoms with E-state index >= 15 is 0 Å². The Kier molecular flexibility index (Phi) is 4.54. The van der Waals surface area contributed by atoms with Crippen LogP contribution in [-0.4, -0.2) is 21.0 Å². The van der Waals surface area contributed by atoms with Crippen LogP contribution < -0.4 is 0 Å². The first-order valence-electron chi connectivity index (χ1n) is 11.9. The van der Waals surface area contributed by atoms with Crippen LogP contribution in [-0.2, 0) is 6.54 Å². The highest BCUT2D eigenvalue weighted by atomic mass is 16.3. The molecular formula is C25H38N2O. The maximum absolute atomic E-state index is 11.4. The van der Waals surface area contributed by atoms with Gasteiger partial charge in [-0.2, -0.15) is 5.10 Å². The van der Waals surface area contributed by atoms with Crippen molar-refractivity contribution in [3.63, 3.8) is 0 Å². The Hall–Kier alpha value is -1.09. The molecule has 0 saturated heterocycles. The Morgan fingerprint density at radius 3 is 2.79 bits per heavy atom. The standard InChI is InChI=1S/C25H38N2O/c1-4-27-19(11-14-26-27)15-17-16-22-20-9-8-18-7-5-6-12-24(18,2)21(20)10-13-25(22,3)23(17)28/h11,14-15,18,20-23,28H,4-10,12-13,16H2,1-3H3/b17-15-/t18-,20+,21-,22-,23-,24+,25+/m1/s1. The summed E-state index contributed by atoms with van der Waals surface area (Å²) in [5.74, 6) is 3.32. The van der Waals surface area contributed by atoms with Gasteiger partial charge in [0.15, 0.2) is 0 Å². The molecule has 0 bridgehead atoms. The Balaban J connectivity index is 1.46. The number of aliphatic hydroxyl groups excluding tert-OH is 1. The second-order valence-electron chi connectivity index (χ2n) is 10.8. The predicted molar refractivity (Wildman–Crippen MR) is 114 cm³/mol. The van der Waals surface area contributed by atoms with Crippen molar-refractivity contribution in [2.45, 2.75) is 91.2 Å². The lowest BCUT2D eigenvalue weighted by Crippen LogP contribution is -2.53. The van der Waals surface area contributed by atoms with Crippen LogP contribution in [0.25, 0.3) is 6.08 Å². The minimum absolute atomic E-state index is 0.0714. The zero-order chi connectivity index (χ0) is 19.5. The smallest absolute Gasteiger partial charge is 0.0810 e. The normalized spacial score (nSPS) is 46.9. The van der Waals surface area contributed by atoms with Crippen molar-refractivity contribution < 1.29 is 5.11 Å². The lowest BCUT2D eigenvalue weighted by atomic mass is 9.45. The van der Waals surface area contributed by atoms with E-state index in [9.17, 15) is 5.11 Å². The van der Waals surface area contributed by atoms with Gasteiger partial charge in [0.25, 0.3) is 0 Å². The quantitative estimate of drug-likeness (QED) is 0.713. The lowest BCUT2D eigenvalue weighted by molar-refractivity contribution is -0.119. The molecule has 0 aromatic carbocycles. The van der Waals surface area contributed by atoms with Gasteiger partial charge in [0, 0.05) is 18.2 Å².